The molecule has 1 saturated carbocycles. The first-order chi connectivity index (χ1) is 8.67. The van der Waals surface area contributed by atoms with E-state index in [4.69, 9.17) is 0 Å². The molecule has 1 aliphatic rings. The predicted octanol–water partition coefficient (Wildman–Crippen LogP) is 2.88. The zero-order valence-corrected chi connectivity index (χ0v) is 11.9. The Kier molecular flexibility index (Phi) is 3.80. The maximum absolute atomic E-state index is 12.5. The molecule has 19 heavy (non-hydrogen) atoms. The van der Waals surface area contributed by atoms with Crippen molar-refractivity contribution in [3.8, 4) is 0 Å². The van der Waals surface area contributed by atoms with Gasteiger partial charge in [0.05, 0.1) is 11.3 Å². The van der Waals surface area contributed by atoms with E-state index < -0.39 is 21.9 Å². The molecule has 1 aliphatic carbocycles. The summed E-state index contributed by atoms with van der Waals surface area (Å²) in [6.45, 7) is 0. The standard InChI is InChI=1S/C10H10BrF3N2O2S/c11-8-4-1-6(10(12,13)14)5-9(8)16-19(17,18)15-7-2-3-7/h1,4-5,7,15-16H,2-3H2. The quantitative estimate of drug-likeness (QED) is 0.869. The van der Waals surface area contributed by atoms with Gasteiger partial charge in [0.1, 0.15) is 0 Å². The molecule has 106 valence electrons. The fraction of sp³-hybridized carbons (Fsp3) is 0.400. The van der Waals surface area contributed by atoms with E-state index in [-0.39, 0.29) is 16.2 Å². The third-order valence-corrected chi connectivity index (χ3v) is 4.26. The molecule has 0 aliphatic heterocycles. The molecule has 0 spiro atoms. The van der Waals surface area contributed by atoms with Gasteiger partial charge in [-0.05, 0) is 47.0 Å². The van der Waals surface area contributed by atoms with E-state index in [0.717, 1.165) is 31.0 Å². The first kappa shape index (κ1) is 14.6. The maximum Gasteiger partial charge on any atom is 0.416 e. The fourth-order valence-corrected chi connectivity index (χ4v) is 3.04. The number of rotatable bonds is 4. The van der Waals surface area contributed by atoms with Gasteiger partial charge in [-0.15, -0.1) is 0 Å². The number of alkyl halides is 3. The molecule has 1 aromatic rings. The molecule has 0 aromatic heterocycles. The van der Waals surface area contributed by atoms with Gasteiger partial charge in [0.15, 0.2) is 0 Å². The molecule has 0 unspecified atom stereocenters. The summed E-state index contributed by atoms with van der Waals surface area (Å²) in [7, 11) is -3.85. The second-order valence-electron chi connectivity index (χ2n) is 4.19. The number of hydrogen-bond acceptors (Lipinski definition) is 2. The molecule has 0 amide bonds. The summed E-state index contributed by atoms with van der Waals surface area (Å²) in [5, 5.41) is 0. The summed E-state index contributed by atoms with van der Waals surface area (Å²) in [6.07, 6.45) is -3.04. The number of nitrogens with one attached hydrogen (secondary N) is 2. The third kappa shape index (κ3) is 4.08. The fourth-order valence-electron chi connectivity index (χ4n) is 1.37. The van der Waals surface area contributed by atoms with E-state index >= 15 is 0 Å². The average molecular weight is 359 g/mol. The lowest BCUT2D eigenvalue weighted by Crippen LogP contribution is -2.32. The van der Waals surface area contributed by atoms with E-state index in [9.17, 15) is 21.6 Å². The molecule has 0 bridgehead atoms. The molecular weight excluding hydrogens is 349 g/mol. The van der Waals surface area contributed by atoms with Gasteiger partial charge in [-0.2, -0.15) is 26.3 Å². The van der Waals surface area contributed by atoms with Gasteiger partial charge < -0.3 is 0 Å². The van der Waals surface area contributed by atoms with Crippen LogP contribution in [0.1, 0.15) is 18.4 Å². The molecule has 0 atom stereocenters. The van der Waals surface area contributed by atoms with Gasteiger partial charge in [-0.25, -0.2) is 0 Å². The van der Waals surface area contributed by atoms with Crippen LogP contribution in [-0.2, 0) is 16.4 Å². The maximum atomic E-state index is 12.5. The summed E-state index contributed by atoms with van der Waals surface area (Å²) < 4.78 is 65.6. The largest absolute Gasteiger partial charge is 0.416 e. The Morgan fingerprint density at radius 2 is 1.89 bits per heavy atom. The van der Waals surface area contributed by atoms with Crippen LogP contribution in [0.3, 0.4) is 0 Å². The van der Waals surface area contributed by atoms with Gasteiger partial charge in [0.2, 0.25) is 0 Å². The number of benzene rings is 1. The van der Waals surface area contributed by atoms with Gasteiger partial charge in [-0.1, -0.05) is 0 Å². The molecule has 4 nitrogen and oxygen atoms in total. The van der Waals surface area contributed by atoms with E-state index in [0.29, 0.717) is 0 Å². The predicted molar refractivity (Wildman–Crippen MR) is 67.8 cm³/mol. The highest BCUT2D eigenvalue weighted by Gasteiger charge is 2.32. The van der Waals surface area contributed by atoms with Crippen LogP contribution < -0.4 is 9.44 Å². The number of halogens is 4. The lowest BCUT2D eigenvalue weighted by molar-refractivity contribution is -0.137. The minimum absolute atomic E-state index is 0.123. The van der Waals surface area contributed by atoms with Crippen molar-refractivity contribution in [3.05, 3.63) is 28.2 Å². The lowest BCUT2D eigenvalue weighted by Gasteiger charge is -2.13. The minimum atomic E-state index is -4.52. The zero-order chi connectivity index (χ0) is 14.3. The number of hydrogen-bond donors (Lipinski definition) is 2. The Balaban J connectivity index is 2.23. The molecule has 1 aromatic carbocycles. The summed E-state index contributed by atoms with van der Waals surface area (Å²) in [6, 6.07) is 2.64. The molecule has 2 N–H and O–H groups in total. The topological polar surface area (TPSA) is 58.2 Å². The molecule has 1 fully saturated rings. The molecule has 0 heterocycles. The second kappa shape index (κ2) is 4.95. The normalized spacial score (nSPS) is 16.4. The summed E-state index contributed by atoms with van der Waals surface area (Å²) >= 11 is 3.01. The molecule has 0 saturated heterocycles. The first-order valence-electron chi connectivity index (χ1n) is 5.34. The van der Waals surface area contributed by atoms with Crippen LogP contribution in [0.15, 0.2) is 22.7 Å². The molecule has 2 rings (SSSR count). The van der Waals surface area contributed by atoms with Gasteiger partial charge in [-0.3, -0.25) is 4.72 Å². The van der Waals surface area contributed by atoms with Crippen molar-refractivity contribution in [1.82, 2.24) is 4.72 Å². The second-order valence-corrected chi connectivity index (χ2v) is 6.49. The molecular formula is C10H10BrF3N2O2S. The van der Waals surface area contributed by atoms with Gasteiger partial charge >= 0.3 is 6.18 Å². The first-order valence-corrected chi connectivity index (χ1v) is 7.62. The third-order valence-electron chi connectivity index (χ3n) is 2.44. The van der Waals surface area contributed by atoms with Crippen molar-refractivity contribution in [3.63, 3.8) is 0 Å². The lowest BCUT2D eigenvalue weighted by atomic mass is 10.2. The average Bonchev–Trinajstić information content (AvgIpc) is 3.02. The monoisotopic (exact) mass is 358 g/mol. The zero-order valence-electron chi connectivity index (χ0n) is 9.46. The SMILES string of the molecule is O=S(=O)(Nc1cc(C(F)(F)F)ccc1Br)NC1CC1. The van der Waals surface area contributed by atoms with Crippen molar-refractivity contribution in [2.24, 2.45) is 0 Å². The van der Waals surface area contributed by atoms with Crippen LogP contribution in [-0.4, -0.2) is 14.5 Å². The Bertz CT molecular complexity index is 585. The highest BCUT2D eigenvalue weighted by molar-refractivity contribution is 9.10. The highest BCUT2D eigenvalue weighted by atomic mass is 79.9. The number of anilines is 1. The van der Waals surface area contributed by atoms with Crippen LogP contribution in [0.25, 0.3) is 0 Å². The summed E-state index contributed by atoms with van der Waals surface area (Å²) in [5.74, 6) is 0. The smallest absolute Gasteiger partial charge is 0.270 e. The Hall–Kier alpha value is -0.800. The molecule has 9 heteroatoms. The minimum Gasteiger partial charge on any atom is -0.270 e. The van der Waals surface area contributed by atoms with E-state index in [1.807, 2.05) is 0 Å². The van der Waals surface area contributed by atoms with Crippen LogP contribution >= 0.6 is 15.9 Å². The van der Waals surface area contributed by atoms with Gasteiger partial charge in [0, 0.05) is 10.5 Å². The van der Waals surface area contributed by atoms with Crippen LogP contribution in [0.4, 0.5) is 18.9 Å². The van der Waals surface area contributed by atoms with E-state index in [2.05, 4.69) is 25.4 Å². The highest BCUT2D eigenvalue weighted by Crippen LogP contribution is 2.34. The van der Waals surface area contributed by atoms with E-state index in [1.54, 1.807) is 0 Å². The summed E-state index contributed by atoms with van der Waals surface area (Å²) in [5.41, 5.74) is -1.07. The van der Waals surface area contributed by atoms with Crippen molar-refractivity contribution < 1.29 is 21.6 Å². The molecule has 0 radical (unpaired) electrons. The van der Waals surface area contributed by atoms with Crippen LogP contribution in [0, 0.1) is 0 Å². The Morgan fingerprint density at radius 3 is 2.42 bits per heavy atom. The van der Waals surface area contributed by atoms with Crippen molar-refractivity contribution in [1.29, 1.82) is 0 Å². The Morgan fingerprint density at radius 1 is 1.26 bits per heavy atom. The van der Waals surface area contributed by atoms with Crippen LogP contribution in [0.5, 0.6) is 0 Å². The van der Waals surface area contributed by atoms with Crippen molar-refractivity contribution in [2.75, 3.05) is 4.72 Å². The van der Waals surface area contributed by atoms with Crippen molar-refractivity contribution >= 4 is 31.8 Å². The summed E-state index contributed by atoms with van der Waals surface area (Å²) in [4.78, 5) is 0. The van der Waals surface area contributed by atoms with Crippen molar-refractivity contribution in [2.45, 2.75) is 25.1 Å². The van der Waals surface area contributed by atoms with Crippen LogP contribution in [0.2, 0.25) is 0 Å². The van der Waals surface area contributed by atoms with Gasteiger partial charge in [0.25, 0.3) is 10.2 Å². The van der Waals surface area contributed by atoms with E-state index in [1.165, 1.54) is 0 Å². The Labute approximate surface area is 116 Å².